The van der Waals surface area contributed by atoms with Gasteiger partial charge in [-0.25, -0.2) is 9.97 Å². The molecular weight excluding hydrogens is 432 g/mol. The molecule has 0 unspecified atom stereocenters. The van der Waals surface area contributed by atoms with E-state index in [9.17, 15) is 4.79 Å². The molecule has 1 aromatic heterocycles. The Morgan fingerprint density at radius 2 is 1.88 bits per heavy atom. The van der Waals surface area contributed by atoms with Gasteiger partial charge in [0.15, 0.2) is 0 Å². The fourth-order valence-electron chi connectivity index (χ4n) is 4.28. The minimum atomic E-state index is -0.943. The molecule has 1 aliphatic heterocycles. The Morgan fingerprint density at radius 3 is 2.55 bits per heavy atom. The molecule has 0 atom stereocenters. The molecule has 33 heavy (non-hydrogen) atoms. The van der Waals surface area contributed by atoms with E-state index in [0.717, 1.165) is 47.8 Å². The lowest BCUT2D eigenvalue weighted by atomic mass is 9.71. The minimum absolute atomic E-state index is 0.135. The van der Waals surface area contributed by atoms with E-state index in [1.165, 1.54) is 31.2 Å². The van der Waals surface area contributed by atoms with E-state index in [4.69, 9.17) is 9.84 Å². The Hall–Kier alpha value is -2.52. The van der Waals surface area contributed by atoms with E-state index in [-0.39, 0.29) is 17.7 Å². The highest BCUT2D eigenvalue weighted by molar-refractivity contribution is 7.99. The number of benzene rings is 1. The normalized spacial score (nSPS) is 14.0. The first kappa shape index (κ1) is 25.1. The summed E-state index contributed by atoms with van der Waals surface area (Å²) in [7, 11) is 0. The highest BCUT2D eigenvalue weighted by Crippen LogP contribution is 2.46. The lowest BCUT2D eigenvalue weighted by Crippen LogP contribution is -2.32. The number of aliphatic carboxylic acids is 1. The fourth-order valence-corrected chi connectivity index (χ4v) is 5.31. The van der Waals surface area contributed by atoms with Crippen molar-refractivity contribution < 1.29 is 14.6 Å². The third-order valence-electron chi connectivity index (χ3n) is 6.46. The largest absolute Gasteiger partial charge is 0.493 e. The van der Waals surface area contributed by atoms with Gasteiger partial charge in [-0.05, 0) is 43.6 Å². The maximum absolute atomic E-state index is 10.8. The van der Waals surface area contributed by atoms with Crippen molar-refractivity contribution >= 4 is 17.7 Å². The molecule has 0 fully saturated rings. The summed E-state index contributed by atoms with van der Waals surface area (Å²) >= 11 is 1.85. The maximum Gasteiger partial charge on any atom is 0.311 e. The van der Waals surface area contributed by atoms with Crippen LogP contribution in [0.1, 0.15) is 88.2 Å². The molecule has 3 rings (SSSR count). The van der Waals surface area contributed by atoms with Crippen LogP contribution in [0.5, 0.6) is 5.75 Å². The zero-order valence-electron chi connectivity index (χ0n) is 19.9. The predicted octanol–water partition coefficient (Wildman–Crippen LogP) is 6.02. The Bertz CT molecular complexity index is 1000. The van der Waals surface area contributed by atoms with Gasteiger partial charge < -0.3 is 9.84 Å². The zero-order chi connectivity index (χ0) is 23.7. The topological polar surface area (TPSA) is 72.3 Å². The van der Waals surface area contributed by atoms with E-state index in [2.05, 4.69) is 54.7 Å². The number of carbonyl (C=O) groups is 1. The third kappa shape index (κ3) is 6.51. The lowest BCUT2D eigenvalue weighted by Gasteiger charge is -2.38. The summed E-state index contributed by atoms with van der Waals surface area (Å²) in [4.78, 5) is 20.3. The van der Waals surface area contributed by atoms with E-state index in [1.807, 2.05) is 11.8 Å². The highest BCUT2D eigenvalue weighted by atomic mass is 32.2. The SMILES string of the molecule is CCCCCCSc1cc2c(cc1C#Cc1cnc(CC(=O)O)nc1)C(CC)(CC)CCO2. The smallest absolute Gasteiger partial charge is 0.311 e. The number of ether oxygens (including phenoxy) is 1. The van der Waals surface area contributed by atoms with Crippen LogP contribution in [-0.2, 0) is 16.6 Å². The van der Waals surface area contributed by atoms with Crippen LogP contribution in [-0.4, -0.2) is 33.4 Å². The summed E-state index contributed by atoms with van der Waals surface area (Å²) in [6, 6.07) is 4.43. The van der Waals surface area contributed by atoms with Crippen molar-refractivity contribution in [3.05, 3.63) is 47.0 Å². The number of nitrogens with zero attached hydrogens (tertiary/aromatic N) is 2. The molecule has 0 spiro atoms. The quantitative estimate of drug-likeness (QED) is 0.262. The number of hydrogen-bond donors (Lipinski definition) is 1. The molecule has 1 N–H and O–H groups in total. The number of unbranched alkanes of at least 4 members (excludes halogenated alkanes) is 3. The predicted molar refractivity (Wildman–Crippen MR) is 133 cm³/mol. The molecule has 0 saturated carbocycles. The van der Waals surface area contributed by atoms with Crippen LogP contribution in [0.2, 0.25) is 0 Å². The average Bonchev–Trinajstić information content (AvgIpc) is 2.82. The molecule has 176 valence electrons. The number of carboxylic acids is 1. The monoisotopic (exact) mass is 466 g/mol. The number of thioether (sulfide) groups is 1. The molecule has 0 saturated heterocycles. The first-order valence-corrected chi connectivity index (χ1v) is 13.0. The third-order valence-corrected chi connectivity index (χ3v) is 7.60. The van der Waals surface area contributed by atoms with Crippen LogP contribution < -0.4 is 4.74 Å². The molecule has 1 aliphatic rings. The van der Waals surface area contributed by atoms with E-state index < -0.39 is 5.97 Å². The molecule has 6 heteroatoms. The Balaban J connectivity index is 1.92. The van der Waals surface area contributed by atoms with Crippen LogP contribution in [0, 0.1) is 11.8 Å². The van der Waals surface area contributed by atoms with Crippen molar-refractivity contribution in [2.75, 3.05) is 12.4 Å². The Labute approximate surface area is 201 Å². The second-order valence-corrected chi connectivity index (χ2v) is 9.68. The van der Waals surface area contributed by atoms with Crippen LogP contribution in [0.15, 0.2) is 29.4 Å². The van der Waals surface area contributed by atoms with Gasteiger partial charge >= 0.3 is 5.97 Å². The molecule has 0 bridgehead atoms. The van der Waals surface area contributed by atoms with Gasteiger partial charge in [-0.3, -0.25) is 4.79 Å². The summed E-state index contributed by atoms with van der Waals surface area (Å²) < 4.78 is 6.10. The summed E-state index contributed by atoms with van der Waals surface area (Å²) in [6.45, 7) is 7.51. The number of rotatable bonds is 10. The zero-order valence-corrected chi connectivity index (χ0v) is 20.8. The first-order chi connectivity index (χ1) is 16.0. The van der Waals surface area contributed by atoms with Crippen LogP contribution >= 0.6 is 11.8 Å². The number of hydrogen-bond acceptors (Lipinski definition) is 5. The lowest BCUT2D eigenvalue weighted by molar-refractivity contribution is -0.136. The van der Waals surface area contributed by atoms with Gasteiger partial charge in [-0.15, -0.1) is 11.8 Å². The molecule has 2 heterocycles. The second-order valence-electron chi connectivity index (χ2n) is 8.55. The van der Waals surface area contributed by atoms with Crippen molar-refractivity contribution in [2.45, 2.75) is 82.4 Å². The van der Waals surface area contributed by atoms with Crippen molar-refractivity contribution in [1.29, 1.82) is 0 Å². The standard InChI is InChI=1S/C27H34N2O3S/c1-4-7-8-9-14-33-24-16-23-22(27(5-2,6-3)12-13-32-23)15-21(24)11-10-20-18-28-25(29-19-20)17-26(30)31/h15-16,18-19H,4-9,12-14,17H2,1-3H3,(H,30,31). The van der Waals surface area contributed by atoms with Crippen molar-refractivity contribution in [3.8, 4) is 17.6 Å². The summed E-state index contributed by atoms with van der Waals surface area (Å²) in [6.07, 6.45) is 11.1. The molecule has 0 radical (unpaired) electrons. The molecule has 2 aromatic rings. The Kier molecular flexibility index (Phi) is 9.20. The van der Waals surface area contributed by atoms with Gasteiger partial charge in [0, 0.05) is 33.8 Å². The second kappa shape index (κ2) is 12.1. The number of carboxylic acid groups (broad SMARTS) is 1. The molecule has 1 aromatic carbocycles. The van der Waals surface area contributed by atoms with E-state index >= 15 is 0 Å². The highest BCUT2D eigenvalue weighted by Gasteiger charge is 2.35. The van der Waals surface area contributed by atoms with E-state index in [0.29, 0.717) is 5.56 Å². The summed E-state index contributed by atoms with van der Waals surface area (Å²) in [5.74, 6) is 7.96. The number of aromatic nitrogens is 2. The van der Waals surface area contributed by atoms with Gasteiger partial charge in [-0.2, -0.15) is 0 Å². The van der Waals surface area contributed by atoms with E-state index in [1.54, 1.807) is 12.4 Å². The molecule has 5 nitrogen and oxygen atoms in total. The van der Waals surface area contributed by atoms with Gasteiger partial charge in [-0.1, -0.05) is 51.9 Å². The first-order valence-electron chi connectivity index (χ1n) is 12.0. The molecular formula is C27H34N2O3S. The average molecular weight is 467 g/mol. The maximum atomic E-state index is 10.8. The fraction of sp³-hybridized carbons (Fsp3) is 0.519. The van der Waals surface area contributed by atoms with Gasteiger partial charge in [0.05, 0.1) is 12.2 Å². The van der Waals surface area contributed by atoms with Crippen LogP contribution in [0.25, 0.3) is 0 Å². The number of fused-ring (bicyclic) bond motifs is 1. The van der Waals surface area contributed by atoms with Gasteiger partial charge in [0.25, 0.3) is 0 Å². The Morgan fingerprint density at radius 1 is 1.12 bits per heavy atom. The van der Waals surface area contributed by atoms with Gasteiger partial charge in [0.1, 0.15) is 18.0 Å². The molecule has 0 aliphatic carbocycles. The molecule has 0 amide bonds. The summed E-state index contributed by atoms with van der Waals surface area (Å²) in [5.41, 5.74) is 3.09. The van der Waals surface area contributed by atoms with Crippen molar-refractivity contribution in [3.63, 3.8) is 0 Å². The van der Waals surface area contributed by atoms with Crippen molar-refractivity contribution in [2.24, 2.45) is 0 Å². The van der Waals surface area contributed by atoms with Crippen LogP contribution in [0.4, 0.5) is 0 Å². The van der Waals surface area contributed by atoms with Crippen LogP contribution in [0.3, 0.4) is 0 Å². The van der Waals surface area contributed by atoms with Gasteiger partial charge in [0.2, 0.25) is 0 Å². The minimum Gasteiger partial charge on any atom is -0.493 e. The van der Waals surface area contributed by atoms with Crippen molar-refractivity contribution in [1.82, 2.24) is 9.97 Å². The summed E-state index contributed by atoms with van der Waals surface area (Å²) in [5, 5.41) is 8.90.